The van der Waals surface area contributed by atoms with Gasteiger partial charge in [0.05, 0.1) is 17.4 Å². The smallest absolute Gasteiger partial charge is 0.637 e. The summed E-state index contributed by atoms with van der Waals surface area (Å²) in [5, 5.41) is 15.2. The van der Waals surface area contributed by atoms with Crippen LogP contribution in [-0.4, -0.2) is 79.6 Å². The van der Waals surface area contributed by atoms with Crippen molar-refractivity contribution in [2.24, 2.45) is 0 Å². The van der Waals surface area contributed by atoms with Gasteiger partial charge in [0.1, 0.15) is 25.5 Å². The van der Waals surface area contributed by atoms with E-state index in [4.69, 9.17) is 32.7 Å². The van der Waals surface area contributed by atoms with Gasteiger partial charge in [0.2, 0.25) is 5.91 Å². The Labute approximate surface area is 346 Å². The third-order valence-electron chi connectivity index (χ3n) is 6.04. The van der Waals surface area contributed by atoms with Crippen LogP contribution in [0.15, 0.2) is 29.5 Å². The molecule has 2 heterocycles. The Kier molecular flexibility index (Phi) is 17.6. The minimum absolute atomic E-state index is 0. The Balaban J connectivity index is 0.00000484. The van der Waals surface area contributed by atoms with Gasteiger partial charge in [0, 0.05) is 40.9 Å². The minimum Gasteiger partial charge on any atom is -0.637 e. The first-order valence-electron chi connectivity index (χ1n) is 12.1. The van der Waals surface area contributed by atoms with E-state index < -0.39 is 75.4 Å². The molecule has 20 heteroatoms. The first-order valence-corrected chi connectivity index (χ1v) is 14.5. The van der Waals surface area contributed by atoms with Crippen LogP contribution in [0.1, 0.15) is 31.7 Å². The number of nitrogens with one attached hydrogen (secondary N) is 2. The van der Waals surface area contributed by atoms with Crippen molar-refractivity contribution < 1.29 is 159 Å². The zero-order chi connectivity index (χ0) is 31.2. The summed E-state index contributed by atoms with van der Waals surface area (Å²) < 4.78 is 40.0. The number of hydrogen-bond acceptors (Lipinski definition) is 12. The Bertz CT molecular complexity index is 1440. The summed E-state index contributed by atoms with van der Waals surface area (Å²) in [4.78, 5) is 71.3. The van der Waals surface area contributed by atoms with Crippen molar-refractivity contribution in [3.8, 4) is 0 Å². The number of carboxylic acid groups (broad SMARTS) is 1. The summed E-state index contributed by atoms with van der Waals surface area (Å²) in [5.41, 5.74) is -0.632. The van der Waals surface area contributed by atoms with Crippen LogP contribution in [0.2, 0.25) is 10.0 Å². The second-order valence-electron chi connectivity index (χ2n) is 9.01. The average molecular weight is 727 g/mol. The van der Waals surface area contributed by atoms with E-state index in [-0.39, 0.29) is 139 Å². The number of β-lactam (4-membered cyclic amide) rings is 1. The van der Waals surface area contributed by atoms with Crippen LogP contribution in [0.5, 0.6) is 0 Å². The molecule has 0 unspecified atom stereocenters. The van der Waals surface area contributed by atoms with Crippen molar-refractivity contribution in [3.05, 3.63) is 45.1 Å². The van der Waals surface area contributed by atoms with E-state index in [0.717, 1.165) is 6.92 Å². The minimum atomic E-state index is -4.19. The van der Waals surface area contributed by atoms with Crippen molar-refractivity contribution >= 4 is 69.4 Å². The number of carbonyl (C=O) groups excluding carboxylic acids is 6. The number of esters is 1. The maximum Gasteiger partial charge on any atom is 1.00 e. The summed E-state index contributed by atoms with van der Waals surface area (Å²) in [6, 6.07) is 2.97. The molecule has 1 saturated heterocycles. The molecule has 0 spiro atoms. The van der Waals surface area contributed by atoms with Crippen molar-refractivity contribution in [3.63, 3.8) is 0 Å². The topological polar surface area (TPSA) is 215 Å². The van der Waals surface area contributed by atoms with Gasteiger partial charge < -0.3 is 34.2 Å². The quantitative estimate of drug-likeness (QED) is 0.0485. The number of sulfone groups is 1. The number of hydrogen-bond donors (Lipinski definition) is 2. The van der Waals surface area contributed by atoms with Gasteiger partial charge in [-0.15, -0.1) is 0 Å². The van der Waals surface area contributed by atoms with Gasteiger partial charge in [-0.05, 0) is 18.6 Å². The van der Waals surface area contributed by atoms with E-state index in [2.05, 4.69) is 15.4 Å². The van der Waals surface area contributed by atoms with E-state index >= 15 is 0 Å². The van der Waals surface area contributed by atoms with Crippen molar-refractivity contribution in [2.45, 2.75) is 50.4 Å². The van der Waals surface area contributed by atoms with E-state index in [1.165, 1.54) is 12.5 Å². The molecule has 15 nitrogen and oxygen atoms in total. The van der Waals surface area contributed by atoms with Gasteiger partial charge in [-0.3, -0.25) is 24.6 Å². The predicted molar refractivity (Wildman–Crippen MR) is 139 cm³/mol. The SMILES string of the molecule is CC(=O)OCC1=C(C(=O)[O-])N2C(=O)[C@H](NC(=O)CCC[C@@H](NC(=O)OCc3ccc(Cl)cc3Cl)O[C-]=O)[C@@H]2S(=O)(=O)C1.[K+].[K+]. The number of ether oxygens (including phenoxy) is 3. The van der Waals surface area contributed by atoms with E-state index in [0.29, 0.717) is 15.5 Å². The molecule has 44 heavy (non-hydrogen) atoms. The number of benzene rings is 1. The largest absolute Gasteiger partial charge is 1.00 e. The normalized spacial score (nSPS) is 18.6. The van der Waals surface area contributed by atoms with Crippen LogP contribution in [0.3, 0.4) is 0 Å². The molecular formula is C24H23Cl2K2N3O12S. The first kappa shape index (κ1) is 41.4. The van der Waals surface area contributed by atoms with E-state index in [1.54, 1.807) is 12.1 Å². The molecular weight excluding hydrogens is 703 g/mol. The Morgan fingerprint density at radius 2 is 1.84 bits per heavy atom. The molecule has 2 N–H and O–H groups in total. The zero-order valence-electron chi connectivity index (χ0n) is 23.7. The molecule has 0 aromatic heterocycles. The van der Waals surface area contributed by atoms with Gasteiger partial charge in [-0.1, -0.05) is 35.7 Å². The molecule has 3 atom stereocenters. The maximum absolute atomic E-state index is 12.8. The van der Waals surface area contributed by atoms with Crippen molar-refractivity contribution in [1.82, 2.24) is 15.5 Å². The van der Waals surface area contributed by atoms with Crippen molar-refractivity contribution in [2.75, 3.05) is 12.4 Å². The number of aliphatic carboxylic acids is 1. The molecule has 1 aromatic rings. The van der Waals surface area contributed by atoms with Gasteiger partial charge >= 0.3 is 115 Å². The fraction of sp³-hybridized carbons (Fsp3) is 0.417. The summed E-state index contributed by atoms with van der Waals surface area (Å²) in [6.45, 7) is 1.30. The molecule has 228 valence electrons. The fourth-order valence-electron chi connectivity index (χ4n) is 4.18. The second kappa shape index (κ2) is 18.7. The predicted octanol–water partition coefficient (Wildman–Crippen LogP) is -6.54. The number of halogens is 2. The second-order valence-corrected chi connectivity index (χ2v) is 12.0. The number of rotatable bonds is 13. The molecule has 0 bridgehead atoms. The van der Waals surface area contributed by atoms with E-state index in [1.807, 2.05) is 0 Å². The molecule has 3 rings (SSSR count). The first-order chi connectivity index (χ1) is 19.7. The van der Waals surface area contributed by atoms with Crippen molar-refractivity contribution in [1.29, 1.82) is 0 Å². The molecule has 1 fully saturated rings. The number of nitrogens with zero attached hydrogens (tertiary/aromatic N) is 1. The molecule has 3 amide bonds. The molecule has 1 aromatic carbocycles. The summed E-state index contributed by atoms with van der Waals surface area (Å²) in [6.07, 6.45) is -2.62. The summed E-state index contributed by atoms with van der Waals surface area (Å²) in [5.74, 6) is -5.28. The van der Waals surface area contributed by atoms with Crippen LogP contribution >= 0.6 is 23.2 Å². The number of carboxylic acids is 1. The molecule has 0 aliphatic carbocycles. The standard InChI is InChI=1S/C24H24Cl2N3O12S.2K/c1-12(31)39-9-14-10-42(37,38)22-19(21(33)29(22)20(14)23(34)35)27-17(32)3-2-4-18(41-11-30)28-24(36)40-8-13-5-6-15(25)7-16(13)26;;/h5-7,18-19,22H,2-4,8-10H2,1H3,(H,27,32)(H,28,36)(H,34,35);;/q-1;2*+1/p-1/t18-,19-,22-;;/m0../s1. The van der Waals surface area contributed by atoms with Crippen LogP contribution in [-0.2, 0) is 54.6 Å². The van der Waals surface area contributed by atoms with Gasteiger partial charge in [-0.25, -0.2) is 13.2 Å². The monoisotopic (exact) mass is 725 g/mol. The maximum atomic E-state index is 12.8. The van der Waals surface area contributed by atoms with Gasteiger partial charge in [0.15, 0.2) is 15.2 Å². The van der Waals surface area contributed by atoms with Crippen LogP contribution in [0.25, 0.3) is 0 Å². The van der Waals surface area contributed by atoms with Crippen LogP contribution in [0.4, 0.5) is 4.79 Å². The van der Waals surface area contributed by atoms with Crippen LogP contribution < -0.4 is 119 Å². The Hall–Kier alpha value is -0.617. The van der Waals surface area contributed by atoms with Crippen LogP contribution in [0, 0.1) is 0 Å². The molecule has 2 aliphatic rings. The summed E-state index contributed by atoms with van der Waals surface area (Å²) in [7, 11) is -4.19. The number of carbonyl (C=O) groups is 5. The van der Waals surface area contributed by atoms with Gasteiger partial charge in [0.25, 0.3) is 5.91 Å². The summed E-state index contributed by atoms with van der Waals surface area (Å²) >= 11 is 11.8. The third kappa shape index (κ3) is 11.0. The number of fused-ring (bicyclic) bond motifs is 1. The molecule has 0 saturated carbocycles. The van der Waals surface area contributed by atoms with Gasteiger partial charge in [-0.2, -0.15) is 0 Å². The Morgan fingerprint density at radius 1 is 1.16 bits per heavy atom. The number of alkyl carbamates (subject to hydrolysis) is 1. The fourth-order valence-corrected chi connectivity index (χ4v) is 6.65. The third-order valence-corrected chi connectivity index (χ3v) is 8.59. The Morgan fingerprint density at radius 3 is 2.43 bits per heavy atom. The number of amides is 3. The molecule has 0 radical (unpaired) electrons. The van der Waals surface area contributed by atoms with E-state index in [9.17, 15) is 42.3 Å². The molecule has 2 aliphatic heterocycles. The zero-order valence-corrected chi connectivity index (χ0v) is 32.3. The average Bonchev–Trinajstić information content (AvgIpc) is 2.89.